The molecule has 1 amide bonds. The van der Waals surface area contributed by atoms with E-state index in [1.807, 2.05) is 65.2 Å². The second kappa shape index (κ2) is 5.59. The molecule has 1 aromatic carbocycles. The smallest absolute Gasteiger partial charge is 0.290 e. The quantitative estimate of drug-likeness (QED) is 0.731. The van der Waals surface area contributed by atoms with Gasteiger partial charge in [-0.15, -0.1) is 0 Å². The zero-order chi connectivity index (χ0) is 15.8. The third kappa shape index (κ3) is 2.43. The Bertz CT molecular complexity index is 816. The van der Waals surface area contributed by atoms with Gasteiger partial charge in [0.2, 0.25) is 0 Å². The van der Waals surface area contributed by atoms with E-state index in [9.17, 15) is 4.79 Å². The number of carbonyl (C=O) groups excluding carboxylic acids is 1. The first kappa shape index (κ1) is 14.1. The predicted molar refractivity (Wildman–Crippen MR) is 86.2 cm³/mol. The highest BCUT2D eigenvalue weighted by Gasteiger charge is 2.32. The van der Waals surface area contributed by atoms with Gasteiger partial charge >= 0.3 is 0 Å². The lowest BCUT2D eigenvalue weighted by atomic mass is 10.1. The maximum absolute atomic E-state index is 13.0. The van der Waals surface area contributed by atoms with Crippen molar-refractivity contribution >= 4 is 16.9 Å². The molecule has 1 aliphatic heterocycles. The van der Waals surface area contributed by atoms with Gasteiger partial charge < -0.3 is 18.6 Å². The van der Waals surface area contributed by atoms with E-state index in [2.05, 4.69) is 0 Å². The van der Waals surface area contributed by atoms with Gasteiger partial charge in [-0.25, -0.2) is 0 Å². The van der Waals surface area contributed by atoms with Crippen LogP contribution in [0.15, 0.2) is 53.1 Å². The number of aryl methyl sites for hydroxylation is 1. The van der Waals surface area contributed by atoms with Crippen molar-refractivity contribution in [3.8, 4) is 0 Å². The minimum atomic E-state index is -0.0931. The summed E-state index contributed by atoms with van der Waals surface area (Å²) in [4.78, 5) is 14.8. The van der Waals surface area contributed by atoms with Crippen LogP contribution in [0, 0.1) is 0 Å². The third-order valence-electron chi connectivity index (χ3n) is 4.35. The Kier molecular flexibility index (Phi) is 3.42. The van der Waals surface area contributed by atoms with Gasteiger partial charge in [0.05, 0.1) is 19.3 Å². The van der Waals surface area contributed by atoms with Crippen molar-refractivity contribution in [3.05, 3.63) is 60.1 Å². The van der Waals surface area contributed by atoms with Gasteiger partial charge in [-0.3, -0.25) is 4.79 Å². The summed E-state index contributed by atoms with van der Waals surface area (Å²) in [5.74, 6) is 0.294. The molecule has 0 radical (unpaired) electrons. The van der Waals surface area contributed by atoms with E-state index in [0.29, 0.717) is 25.5 Å². The molecule has 2 aromatic heterocycles. The largest absolute Gasteiger partial charge is 0.451 e. The molecule has 5 nitrogen and oxygen atoms in total. The zero-order valence-corrected chi connectivity index (χ0v) is 12.9. The van der Waals surface area contributed by atoms with Gasteiger partial charge in [0.1, 0.15) is 5.58 Å². The van der Waals surface area contributed by atoms with Gasteiger partial charge in [-0.05, 0) is 24.3 Å². The number of morpholine rings is 1. The van der Waals surface area contributed by atoms with Gasteiger partial charge in [0.25, 0.3) is 5.91 Å². The Morgan fingerprint density at radius 2 is 2.09 bits per heavy atom. The third-order valence-corrected chi connectivity index (χ3v) is 4.35. The lowest BCUT2D eigenvalue weighted by Gasteiger charge is -2.35. The molecule has 118 valence electrons. The molecule has 0 aliphatic carbocycles. The molecule has 0 N–H and O–H groups in total. The summed E-state index contributed by atoms with van der Waals surface area (Å²) >= 11 is 0. The van der Waals surface area contributed by atoms with Crippen LogP contribution in [0.4, 0.5) is 0 Å². The van der Waals surface area contributed by atoms with Crippen LogP contribution < -0.4 is 0 Å². The molecule has 5 heteroatoms. The fourth-order valence-corrected chi connectivity index (χ4v) is 3.14. The first-order chi connectivity index (χ1) is 11.2. The zero-order valence-electron chi connectivity index (χ0n) is 12.9. The normalized spacial score (nSPS) is 18.5. The molecule has 0 bridgehead atoms. The Hall–Kier alpha value is -2.53. The highest BCUT2D eigenvalue weighted by atomic mass is 16.5. The molecule has 23 heavy (non-hydrogen) atoms. The molecule has 1 aliphatic rings. The fraction of sp³-hybridized carbons (Fsp3) is 0.278. The lowest BCUT2D eigenvalue weighted by molar-refractivity contribution is -0.00606. The fourth-order valence-electron chi connectivity index (χ4n) is 3.14. The van der Waals surface area contributed by atoms with Gasteiger partial charge in [0, 0.05) is 30.9 Å². The molecular formula is C18H18N2O3. The molecule has 0 spiro atoms. The van der Waals surface area contributed by atoms with E-state index < -0.39 is 0 Å². The summed E-state index contributed by atoms with van der Waals surface area (Å²) in [6, 6.07) is 13.4. The van der Waals surface area contributed by atoms with Crippen LogP contribution in [0.2, 0.25) is 0 Å². The van der Waals surface area contributed by atoms with Crippen molar-refractivity contribution in [1.29, 1.82) is 0 Å². The average molecular weight is 310 g/mol. The standard InChI is InChI=1S/C18H18N2O3/c1-19-8-4-6-14(19)15-12-22-10-9-20(15)18(21)17-11-13-5-2-3-7-16(13)23-17/h2-8,11,15H,9-10,12H2,1H3. The molecule has 1 atom stereocenters. The summed E-state index contributed by atoms with van der Waals surface area (Å²) in [6.45, 7) is 1.61. The van der Waals surface area contributed by atoms with Crippen LogP contribution in [0.5, 0.6) is 0 Å². The van der Waals surface area contributed by atoms with E-state index in [4.69, 9.17) is 9.15 Å². The Balaban J connectivity index is 1.68. The predicted octanol–water partition coefficient (Wildman–Crippen LogP) is 2.99. The van der Waals surface area contributed by atoms with E-state index >= 15 is 0 Å². The highest BCUT2D eigenvalue weighted by Crippen LogP contribution is 2.28. The summed E-state index contributed by atoms with van der Waals surface area (Å²) in [5.41, 5.74) is 1.80. The van der Waals surface area contributed by atoms with E-state index in [1.54, 1.807) is 0 Å². The number of carbonyl (C=O) groups is 1. The number of hydrogen-bond donors (Lipinski definition) is 0. The van der Waals surface area contributed by atoms with E-state index in [-0.39, 0.29) is 11.9 Å². The van der Waals surface area contributed by atoms with Crippen molar-refractivity contribution in [2.75, 3.05) is 19.8 Å². The van der Waals surface area contributed by atoms with Gasteiger partial charge in [-0.2, -0.15) is 0 Å². The Labute approximate surface area is 134 Å². The topological polar surface area (TPSA) is 47.6 Å². The molecule has 1 fully saturated rings. The van der Waals surface area contributed by atoms with E-state index in [0.717, 1.165) is 16.7 Å². The Morgan fingerprint density at radius 3 is 2.87 bits per heavy atom. The maximum Gasteiger partial charge on any atom is 0.290 e. The van der Waals surface area contributed by atoms with Crippen molar-refractivity contribution < 1.29 is 13.9 Å². The van der Waals surface area contributed by atoms with Crippen molar-refractivity contribution in [2.45, 2.75) is 6.04 Å². The number of para-hydroxylation sites is 1. The molecule has 1 saturated heterocycles. The molecule has 0 saturated carbocycles. The first-order valence-electron chi connectivity index (χ1n) is 7.72. The van der Waals surface area contributed by atoms with E-state index in [1.165, 1.54) is 0 Å². The highest BCUT2D eigenvalue weighted by molar-refractivity contribution is 5.96. The van der Waals surface area contributed by atoms with Crippen LogP contribution in [-0.4, -0.2) is 35.1 Å². The van der Waals surface area contributed by atoms with Gasteiger partial charge in [-0.1, -0.05) is 18.2 Å². The maximum atomic E-state index is 13.0. The number of fused-ring (bicyclic) bond motifs is 1. The summed E-state index contributed by atoms with van der Waals surface area (Å²) in [5, 5.41) is 0.944. The number of benzene rings is 1. The SMILES string of the molecule is Cn1cccc1C1COCCN1C(=O)c1cc2ccccc2o1. The number of furan rings is 1. The first-order valence-corrected chi connectivity index (χ1v) is 7.72. The van der Waals surface area contributed by atoms with Crippen LogP contribution in [0.1, 0.15) is 22.3 Å². The van der Waals surface area contributed by atoms with Gasteiger partial charge in [0.15, 0.2) is 5.76 Å². The summed E-state index contributed by atoms with van der Waals surface area (Å²) in [7, 11) is 1.98. The lowest BCUT2D eigenvalue weighted by Crippen LogP contribution is -2.43. The minimum absolute atomic E-state index is 0.0873. The van der Waals surface area contributed by atoms with Crippen molar-refractivity contribution in [3.63, 3.8) is 0 Å². The summed E-state index contributed by atoms with van der Waals surface area (Å²) < 4.78 is 13.4. The van der Waals surface area contributed by atoms with Crippen LogP contribution in [0.25, 0.3) is 11.0 Å². The number of hydrogen-bond acceptors (Lipinski definition) is 3. The number of rotatable bonds is 2. The number of nitrogens with zero attached hydrogens (tertiary/aromatic N) is 2. The summed E-state index contributed by atoms with van der Waals surface area (Å²) in [6.07, 6.45) is 1.98. The molecule has 3 heterocycles. The number of amides is 1. The number of aromatic nitrogens is 1. The van der Waals surface area contributed by atoms with Crippen LogP contribution in [0.3, 0.4) is 0 Å². The monoisotopic (exact) mass is 310 g/mol. The van der Waals surface area contributed by atoms with Crippen LogP contribution in [-0.2, 0) is 11.8 Å². The minimum Gasteiger partial charge on any atom is -0.451 e. The molecular weight excluding hydrogens is 292 g/mol. The molecule has 1 unspecified atom stereocenters. The second-order valence-corrected chi connectivity index (χ2v) is 5.78. The second-order valence-electron chi connectivity index (χ2n) is 5.78. The average Bonchev–Trinajstić information content (AvgIpc) is 3.20. The molecule has 4 rings (SSSR count). The molecule has 3 aromatic rings. The number of ether oxygens (including phenoxy) is 1. The van der Waals surface area contributed by atoms with Crippen molar-refractivity contribution in [2.24, 2.45) is 7.05 Å². The Morgan fingerprint density at radius 1 is 1.22 bits per heavy atom. The van der Waals surface area contributed by atoms with Crippen molar-refractivity contribution in [1.82, 2.24) is 9.47 Å². The van der Waals surface area contributed by atoms with Crippen LogP contribution >= 0.6 is 0 Å².